The number of rotatable bonds is 5. The van der Waals surface area contributed by atoms with Crippen molar-refractivity contribution in [2.75, 3.05) is 32.8 Å². The van der Waals surface area contributed by atoms with E-state index in [0.717, 1.165) is 13.1 Å². The second kappa shape index (κ2) is 8.87. The fourth-order valence-electron chi connectivity index (χ4n) is 3.06. The van der Waals surface area contributed by atoms with E-state index in [9.17, 15) is 4.79 Å². The summed E-state index contributed by atoms with van der Waals surface area (Å²) in [5, 5.41) is 3.85. The summed E-state index contributed by atoms with van der Waals surface area (Å²) in [5.41, 5.74) is 2.91. The third kappa shape index (κ3) is 4.77. The van der Waals surface area contributed by atoms with Gasteiger partial charge in [-0.3, -0.25) is 9.69 Å². The van der Waals surface area contributed by atoms with Crippen molar-refractivity contribution in [2.24, 2.45) is 0 Å². The molecule has 1 aliphatic heterocycles. The molecule has 1 atom stereocenters. The minimum atomic E-state index is -0.158. The van der Waals surface area contributed by atoms with Gasteiger partial charge in [0.2, 0.25) is 0 Å². The summed E-state index contributed by atoms with van der Waals surface area (Å²) >= 11 is 11.9. The van der Waals surface area contributed by atoms with E-state index >= 15 is 0 Å². The SMILES string of the molecule is Cc1ccc(C(CNC(=O)c2ccc(Cl)c(Cl)c2)N2CCOCC2)cc1. The molecule has 3 rings (SSSR count). The molecule has 1 aliphatic rings. The molecule has 1 fully saturated rings. The summed E-state index contributed by atoms with van der Waals surface area (Å²) in [5.74, 6) is -0.158. The van der Waals surface area contributed by atoms with Crippen molar-refractivity contribution < 1.29 is 9.53 Å². The highest BCUT2D eigenvalue weighted by molar-refractivity contribution is 6.42. The van der Waals surface area contributed by atoms with Crippen LogP contribution in [0.5, 0.6) is 0 Å². The van der Waals surface area contributed by atoms with E-state index in [1.54, 1.807) is 18.2 Å². The Kier molecular flexibility index (Phi) is 6.54. The summed E-state index contributed by atoms with van der Waals surface area (Å²) in [4.78, 5) is 14.9. The highest BCUT2D eigenvalue weighted by Gasteiger charge is 2.23. The van der Waals surface area contributed by atoms with Crippen LogP contribution in [0.1, 0.15) is 27.5 Å². The molecule has 2 aromatic rings. The number of amides is 1. The van der Waals surface area contributed by atoms with Crippen molar-refractivity contribution in [3.63, 3.8) is 0 Å². The Labute approximate surface area is 164 Å². The molecule has 0 aromatic heterocycles. The van der Waals surface area contributed by atoms with Gasteiger partial charge in [-0.2, -0.15) is 0 Å². The maximum atomic E-state index is 12.5. The number of ether oxygens (including phenoxy) is 1. The number of hydrogen-bond acceptors (Lipinski definition) is 3. The van der Waals surface area contributed by atoms with Crippen LogP contribution in [-0.2, 0) is 4.74 Å². The lowest BCUT2D eigenvalue weighted by Crippen LogP contribution is -2.43. The number of halogens is 2. The molecule has 0 spiro atoms. The number of carbonyl (C=O) groups excluding carboxylic acids is 1. The average molecular weight is 393 g/mol. The van der Waals surface area contributed by atoms with Gasteiger partial charge in [-0.05, 0) is 30.7 Å². The first-order valence-corrected chi connectivity index (χ1v) is 9.42. The summed E-state index contributed by atoms with van der Waals surface area (Å²) < 4.78 is 5.47. The summed E-state index contributed by atoms with van der Waals surface area (Å²) in [6, 6.07) is 13.5. The molecule has 0 aliphatic carbocycles. The number of aryl methyl sites for hydroxylation is 1. The Morgan fingerprint density at radius 3 is 2.46 bits per heavy atom. The van der Waals surface area contributed by atoms with E-state index in [2.05, 4.69) is 41.4 Å². The van der Waals surface area contributed by atoms with Crippen LogP contribution in [0.3, 0.4) is 0 Å². The number of hydrogen-bond donors (Lipinski definition) is 1. The van der Waals surface area contributed by atoms with Gasteiger partial charge in [0.25, 0.3) is 5.91 Å². The van der Waals surface area contributed by atoms with Gasteiger partial charge >= 0.3 is 0 Å². The Morgan fingerprint density at radius 2 is 1.81 bits per heavy atom. The second-order valence-electron chi connectivity index (χ2n) is 6.41. The van der Waals surface area contributed by atoms with Crippen molar-refractivity contribution in [2.45, 2.75) is 13.0 Å². The lowest BCUT2D eigenvalue weighted by Gasteiger charge is -2.35. The first-order chi connectivity index (χ1) is 12.5. The summed E-state index contributed by atoms with van der Waals surface area (Å²) in [7, 11) is 0. The van der Waals surface area contributed by atoms with Crippen molar-refractivity contribution >= 4 is 29.1 Å². The molecule has 138 valence electrons. The first-order valence-electron chi connectivity index (χ1n) is 8.66. The van der Waals surface area contributed by atoms with Crippen molar-refractivity contribution in [3.05, 3.63) is 69.2 Å². The molecule has 1 unspecified atom stereocenters. The molecule has 26 heavy (non-hydrogen) atoms. The Morgan fingerprint density at radius 1 is 1.12 bits per heavy atom. The molecule has 0 bridgehead atoms. The summed E-state index contributed by atoms with van der Waals surface area (Å²) in [6.07, 6.45) is 0. The van der Waals surface area contributed by atoms with E-state index in [1.807, 2.05) is 0 Å². The smallest absolute Gasteiger partial charge is 0.251 e. The highest BCUT2D eigenvalue weighted by Crippen LogP contribution is 2.24. The lowest BCUT2D eigenvalue weighted by atomic mass is 10.0. The van der Waals surface area contributed by atoms with Crippen LogP contribution in [0.15, 0.2) is 42.5 Å². The average Bonchev–Trinajstić information content (AvgIpc) is 2.66. The normalized spacial score (nSPS) is 16.3. The van der Waals surface area contributed by atoms with Gasteiger partial charge in [-0.25, -0.2) is 0 Å². The third-order valence-corrected chi connectivity index (χ3v) is 5.33. The molecule has 1 saturated heterocycles. The second-order valence-corrected chi connectivity index (χ2v) is 7.23. The fraction of sp³-hybridized carbons (Fsp3) is 0.350. The third-order valence-electron chi connectivity index (χ3n) is 4.59. The fourth-order valence-corrected chi connectivity index (χ4v) is 3.36. The maximum Gasteiger partial charge on any atom is 0.251 e. The van der Waals surface area contributed by atoms with Crippen LogP contribution in [0.4, 0.5) is 0 Å². The molecule has 0 radical (unpaired) electrons. The van der Waals surface area contributed by atoms with Crippen LogP contribution >= 0.6 is 23.2 Å². The van der Waals surface area contributed by atoms with Gasteiger partial charge in [0, 0.05) is 25.2 Å². The maximum absolute atomic E-state index is 12.5. The first kappa shape index (κ1) is 19.2. The highest BCUT2D eigenvalue weighted by atomic mass is 35.5. The topological polar surface area (TPSA) is 41.6 Å². The van der Waals surface area contributed by atoms with E-state index in [-0.39, 0.29) is 11.9 Å². The monoisotopic (exact) mass is 392 g/mol. The molecule has 6 heteroatoms. The molecule has 1 amide bonds. The van der Waals surface area contributed by atoms with E-state index in [1.165, 1.54) is 11.1 Å². The molecule has 0 saturated carbocycles. The van der Waals surface area contributed by atoms with Gasteiger partial charge in [0.15, 0.2) is 0 Å². The van der Waals surface area contributed by atoms with Crippen LogP contribution in [0.25, 0.3) is 0 Å². The number of nitrogens with zero attached hydrogens (tertiary/aromatic N) is 1. The Hall–Kier alpha value is -1.59. The predicted molar refractivity (Wildman–Crippen MR) is 105 cm³/mol. The zero-order valence-corrected chi connectivity index (χ0v) is 16.2. The molecule has 2 aromatic carbocycles. The molecular formula is C20H22Cl2N2O2. The Bertz CT molecular complexity index is 759. The van der Waals surface area contributed by atoms with Crippen molar-refractivity contribution in [1.29, 1.82) is 0 Å². The molecular weight excluding hydrogens is 371 g/mol. The van der Waals surface area contributed by atoms with Gasteiger partial charge in [-0.1, -0.05) is 53.0 Å². The van der Waals surface area contributed by atoms with Crippen molar-refractivity contribution in [1.82, 2.24) is 10.2 Å². The van der Waals surface area contributed by atoms with Crippen LogP contribution in [-0.4, -0.2) is 43.7 Å². The van der Waals surface area contributed by atoms with Gasteiger partial charge < -0.3 is 10.1 Å². The standard InChI is InChI=1S/C20H22Cl2N2O2/c1-14-2-4-15(5-3-14)19(24-8-10-26-11-9-24)13-23-20(25)16-6-7-17(21)18(22)12-16/h2-7,12,19H,8-11,13H2,1H3,(H,23,25). The van der Waals surface area contributed by atoms with E-state index in [4.69, 9.17) is 27.9 Å². The van der Waals surface area contributed by atoms with E-state index in [0.29, 0.717) is 35.4 Å². The van der Waals surface area contributed by atoms with Gasteiger partial charge in [-0.15, -0.1) is 0 Å². The largest absolute Gasteiger partial charge is 0.379 e. The quantitative estimate of drug-likeness (QED) is 0.832. The van der Waals surface area contributed by atoms with Gasteiger partial charge in [0.05, 0.1) is 29.3 Å². The molecule has 1 N–H and O–H groups in total. The van der Waals surface area contributed by atoms with E-state index < -0.39 is 0 Å². The molecule has 1 heterocycles. The van der Waals surface area contributed by atoms with Crippen LogP contribution < -0.4 is 5.32 Å². The number of nitrogens with one attached hydrogen (secondary N) is 1. The van der Waals surface area contributed by atoms with Crippen LogP contribution in [0, 0.1) is 6.92 Å². The Balaban J connectivity index is 1.73. The predicted octanol–water partition coefficient (Wildman–Crippen LogP) is 4.11. The lowest BCUT2D eigenvalue weighted by molar-refractivity contribution is 0.0162. The zero-order valence-electron chi connectivity index (χ0n) is 14.7. The number of carbonyl (C=O) groups is 1. The van der Waals surface area contributed by atoms with Gasteiger partial charge in [0.1, 0.15) is 0 Å². The number of benzene rings is 2. The minimum Gasteiger partial charge on any atom is -0.379 e. The summed E-state index contributed by atoms with van der Waals surface area (Å²) in [6.45, 7) is 5.70. The van der Waals surface area contributed by atoms with Crippen LogP contribution in [0.2, 0.25) is 10.0 Å². The molecule has 4 nitrogen and oxygen atoms in total. The zero-order chi connectivity index (χ0) is 18.5. The number of morpholine rings is 1. The minimum absolute atomic E-state index is 0.103. The van der Waals surface area contributed by atoms with Crippen molar-refractivity contribution in [3.8, 4) is 0 Å².